The quantitative estimate of drug-likeness (QED) is 0.863. The van der Waals surface area contributed by atoms with E-state index < -0.39 is 0 Å². The maximum Gasteiger partial charge on any atom is 0.201 e. The number of hydrogen-bond acceptors (Lipinski definition) is 3. The minimum absolute atomic E-state index is 0.335. The molecule has 1 aliphatic rings. The molecule has 0 bridgehead atoms. The first-order valence-corrected chi connectivity index (χ1v) is 6.55. The summed E-state index contributed by atoms with van der Waals surface area (Å²) >= 11 is 6.07. The molecular weight excluding hydrogens is 250 g/mol. The Morgan fingerprint density at radius 3 is 3.11 bits per heavy atom. The molecule has 3 rings (SSSR count). The average molecular weight is 266 g/mol. The first kappa shape index (κ1) is 11.8. The van der Waals surface area contributed by atoms with Crippen molar-refractivity contribution in [2.45, 2.75) is 19.4 Å². The van der Waals surface area contributed by atoms with Gasteiger partial charge in [0.05, 0.1) is 17.6 Å². The van der Waals surface area contributed by atoms with Gasteiger partial charge >= 0.3 is 0 Å². The predicted octanol–water partition coefficient (Wildman–Crippen LogP) is 2.87. The van der Waals surface area contributed by atoms with Gasteiger partial charge in [-0.2, -0.15) is 0 Å². The highest BCUT2D eigenvalue weighted by Gasteiger charge is 2.26. The standard InChI is InChI=1S/C13H16ClN3O/c1-8-7-18-5-4-11(8)17-12-6-9(14)2-3-10(12)16-13(17)15/h2-3,6,8,11H,4-5,7H2,1H3,(H2,15,16). The number of aromatic nitrogens is 2. The van der Waals surface area contributed by atoms with Crippen LogP contribution in [0.3, 0.4) is 0 Å². The van der Waals surface area contributed by atoms with Crippen LogP contribution in [-0.4, -0.2) is 22.8 Å². The average Bonchev–Trinajstić information content (AvgIpc) is 2.66. The van der Waals surface area contributed by atoms with Gasteiger partial charge in [-0.1, -0.05) is 18.5 Å². The van der Waals surface area contributed by atoms with E-state index in [0.29, 0.717) is 22.9 Å². The molecule has 18 heavy (non-hydrogen) atoms. The molecule has 1 aliphatic heterocycles. The molecule has 4 nitrogen and oxygen atoms in total. The van der Waals surface area contributed by atoms with Gasteiger partial charge in [-0.3, -0.25) is 0 Å². The summed E-state index contributed by atoms with van der Waals surface area (Å²) < 4.78 is 7.59. The van der Waals surface area contributed by atoms with Gasteiger partial charge in [0.1, 0.15) is 0 Å². The number of anilines is 1. The molecule has 0 radical (unpaired) electrons. The second kappa shape index (κ2) is 4.44. The third kappa shape index (κ3) is 1.85. The fourth-order valence-corrected chi connectivity index (χ4v) is 2.85. The van der Waals surface area contributed by atoms with Crippen molar-refractivity contribution >= 4 is 28.6 Å². The molecule has 5 heteroatoms. The topological polar surface area (TPSA) is 53.1 Å². The van der Waals surface area contributed by atoms with E-state index in [-0.39, 0.29) is 0 Å². The summed E-state index contributed by atoms with van der Waals surface area (Å²) in [5.41, 5.74) is 7.98. The number of nitrogen functional groups attached to an aromatic ring is 1. The molecule has 96 valence electrons. The van der Waals surface area contributed by atoms with E-state index in [0.717, 1.165) is 30.7 Å². The molecule has 2 unspecified atom stereocenters. The summed E-state index contributed by atoms with van der Waals surface area (Å²) in [5, 5.41) is 0.711. The van der Waals surface area contributed by atoms with Gasteiger partial charge in [-0.25, -0.2) is 4.98 Å². The maximum atomic E-state index is 6.07. The molecule has 0 amide bonds. The van der Waals surface area contributed by atoms with Crippen molar-refractivity contribution in [3.63, 3.8) is 0 Å². The lowest BCUT2D eigenvalue weighted by atomic mass is 9.97. The third-order valence-corrected chi connectivity index (χ3v) is 3.84. The normalized spacial score (nSPS) is 24.6. The van der Waals surface area contributed by atoms with Gasteiger partial charge in [0.2, 0.25) is 5.95 Å². The molecule has 2 heterocycles. The number of benzene rings is 1. The van der Waals surface area contributed by atoms with Gasteiger partial charge in [0.25, 0.3) is 0 Å². The first-order chi connectivity index (χ1) is 8.66. The Morgan fingerprint density at radius 2 is 2.33 bits per heavy atom. The van der Waals surface area contributed by atoms with Crippen molar-refractivity contribution in [2.24, 2.45) is 5.92 Å². The Kier molecular flexibility index (Phi) is 2.92. The Balaban J connectivity index is 2.14. The summed E-state index contributed by atoms with van der Waals surface area (Å²) in [6, 6.07) is 6.02. The van der Waals surface area contributed by atoms with Crippen molar-refractivity contribution in [1.29, 1.82) is 0 Å². The highest BCUT2D eigenvalue weighted by atomic mass is 35.5. The minimum atomic E-state index is 0.335. The lowest BCUT2D eigenvalue weighted by Crippen LogP contribution is -2.28. The highest BCUT2D eigenvalue weighted by molar-refractivity contribution is 6.31. The molecule has 0 spiro atoms. The number of nitrogens with two attached hydrogens (primary N) is 1. The number of nitrogens with zero attached hydrogens (tertiary/aromatic N) is 2. The van der Waals surface area contributed by atoms with Crippen LogP contribution in [0.1, 0.15) is 19.4 Å². The summed E-state index contributed by atoms with van der Waals surface area (Å²) in [7, 11) is 0. The van der Waals surface area contributed by atoms with Crippen molar-refractivity contribution < 1.29 is 4.74 Å². The molecular formula is C13H16ClN3O. The van der Waals surface area contributed by atoms with Crippen LogP contribution in [0.5, 0.6) is 0 Å². The number of imidazole rings is 1. The largest absolute Gasteiger partial charge is 0.381 e. The third-order valence-electron chi connectivity index (χ3n) is 3.61. The smallest absolute Gasteiger partial charge is 0.201 e. The summed E-state index contributed by atoms with van der Waals surface area (Å²) in [6.45, 7) is 3.72. The number of halogens is 1. The number of ether oxygens (including phenoxy) is 1. The second-order valence-corrected chi connectivity index (χ2v) is 5.32. The van der Waals surface area contributed by atoms with Gasteiger partial charge < -0.3 is 15.0 Å². The van der Waals surface area contributed by atoms with Gasteiger partial charge in [-0.15, -0.1) is 0 Å². The van der Waals surface area contributed by atoms with Crippen molar-refractivity contribution in [3.05, 3.63) is 23.2 Å². The zero-order valence-electron chi connectivity index (χ0n) is 10.3. The van der Waals surface area contributed by atoms with E-state index in [4.69, 9.17) is 22.1 Å². The van der Waals surface area contributed by atoms with E-state index in [1.165, 1.54) is 0 Å². The van der Waals surface area contributed by atoms with E-state index in [9.17, 15) is 0 Å². The Morgan fingerprint density at radius 1 is 1.50 bits per heavy atom. The zero-order valence-corrected chi connectivity index (χ0v) is 11.0. The van der Waals surface area contributed by atoms with Crippen molar-refractivity contribution in [3.8, 4) is 0 Å². The fourth-order valence-electron chi connectivity index (χ4n) is 2.69. The van der Waals surface area contributed by atoms with E-state index in [1.54, 1.807) is 0 Å². The van der Waals surface area contributed by atoms with Crippen LogP contribution in [0.15, 0.2) is 18.2 Å². The molecule has 1 saturated heterocycles. The van der Waals surface area contributed by atoms with Crippen molar-refractivity contribution in [2.75, 3.05) is 18.9 Å². The van der Waals surface area contributed by atoms with Crippen LogP contribution < -0.4 is 5.73 Å². The molecule has 0 saturated carbocycles. The zero-order chi connectivity index (χ0) is 12.7. The van der Waals surface area contributed by atoms with E-state index in [1.807, 2.05) is 18.2 Å². The monoisotopic (exact) mass is 265 g/mol. The Bertz CT molecular complexity index is 581. The van der Waals surface area contributed by atoms with Crippen LogP contribution in [-0.2, 0) is 4.74 Å². The van der Waals surface area contributed by atoms with Crippen LogP contribution in [0.2, 0.25) is 5.02 Å². The molecule has 1 fully saturated rings. The molecule has 2 N–H and O–H groups in total. The lowest BCUT2D eigenvalue weighted by Gasteiger charge is -2.31. The molecule has 2 atom stereocenters. The van der Waals surface area contributed by atoms with Crippen LogP contribution in [0.4, 0.5) is 5.95 Å². The van der Waals surface area contributed by atoms with Gasteiger partial charge in [-0.05, 0) is 24.6 Å². The summed E-state index contributed by atoms with van der Waals surface area (Å²) in [4.78, 5) is 4.41. The molecule has 1 aromatic carbocycles. The van der Waals surface area contributed by atoms with Gasteiger partial charge in [0, 0.05) is 23.6 Å². The molecule has 2 aromatic rings. The van der Waals surface area contributed by atoms with Crippen molar-refractivity contribution in [1.82, 2.24) is 9.55 Å². The maximum absolute atomic E-state index is 6.07. The summed E-state index contributed by atoms with van der Waals surface area (Å²) in [6.07, 6.45) is 0.962. The van der Waals surface area contributed by atoms with E-state index >= 15 is 0 Å². The lowest BCUT2D eigenvalue weighted by molar-refractivity contribution is 0.0304. The van der Waals surface area contributed by atoms with Crippen LogP contribution in [0.25, 0.3) is 11.0 Å². The van der Waals surface area contributed by atoms with Gasteiger partial charge in [0.15, 0.2) is 0 Å². The minimum Gasteiger partial charge on any atom is -0.381 e. The van der Waals surface area contributed by atoms with Crippen LogP contribution in [0, 0.1) is 5.92 Å². The Hall–Kier alpha value is -1.26. The number of fused-ring (bicyclic) bond motifs is 1. The number of rotatable bonds is 1. The fraction of sp³-hybridized carbons (Fsp3) is 0.462. The van der Waals surface area contributed by atoms with Crippen LogP contribution >= 0.6 is 11.6 Å². The Labute approximate surface area is 111 Å². The molecule has 0 aliphatic carbocycles. The summed E-state index contributed by atoms with van der Waals surface area (Å²) in [5.74, 6) is 0.989. The first-order valence-electron chi connectivity index (χ1n) is 6.17. The number of hydrogen-bond donors (Lipinski definition) is 1. The SMILES string of the molecule is CC1COCCC1n1c(N)nc2ccc(Cl)cc21. The molecule has 1 aromatic heterocycles. The predicted molar refractivity (Wildman–Crippen MR) is 72.8 cm³/mol. The second-order valence-electron chi connectivity index (χ2n) is 4.88. The van der Waals surface area contributed by atoms with E-state index in [2.05, 4.69) is 16.5 Å². The highest BCUT2D eigenvalue weighted by Crippen LogP contribution is 2.33.